The molecule has 4 nitrogen and oxygen atoms in total. The van der Waals surface area contributed by atoms with Gasteiger partial charge in [0.15, 0.2) is 5.82 Å². The summed E-state index contributed by atoms with van der Waals surface area (Å²) in [5.41, 5.74) is 6.39. The Morgan fingerprint density at radius 2 is 2.05 bits per heavy atom. The van der Waals surface area contributed by atoms with E-state index in [4.69, 9.17) is 21.9 Å². The molecule has 0 radical (unpaired) electrons. The summed E-state index contributed by atoms with van der Waals surface area (Å²) in [6.45, 7) is 4.01. The maximum absolute atomic E-state index is 6.25. The third-order valence-electron chi connectivity index (χ3n) is 3.32. The molecule has 102 valence electrons. The molecule has 6 heteroatoms. The SMILES string of the molecule is CCC(N)(CC)c1noc(-c2cccc(Br)c2Cl)n1. The number of hydrogen-bond donors (Lipinski definition) is 1. The Morgan fingerprint density at radius 3 is 2.68 bits per heavy atom. The Hall–Kier alpha value is -0.910. The van der Waals surface area contributed by atoms with Crippen molar-refractivity contribution in [2.24, 2.45) is 5.73 Å². The van der Waals surface area contributed by atoms with Crippen LogP contribution in [0, 0.1) is 0 Å². The van der Waals surface area contributed by atoms with E-state index in [0.717, 1.165) is 17.3 Å². The fourth-order valence-electron chi connectivity index (χ4n) is 1.77. The third kappa shape index (κ3) is 2.68. The first-order chi connectivity index (χ1) is 9.01. The number of aromatic nitrogens is 2. The Morgan fingerprint density at radius 1 is 1.37 bits per heavy atom. The lowest BCUT2D eigenvalue weighted by Gasteiger charge is -2.21. The van der Waals surface area contributed by atoms with Crippen molar-refractivity contribution in [2.45, 2.75) is 32.2 Å². The summed E-state index contributed by atoms with van der Waals surface area (Å²) in [5.74, 6) is 0.904. The van der Waals surface area contributed by atoms with Crippen LogP contribution in [-0.2, 0) is 5.54 Å². The first kappa shape index (κ1) is 14.5. The fourth-order valence-corrected chi connectivity index (χ4v) is 2.34. The van der Waals surface area contributed by atoms with E-state index < -0.39 is 5.54 Å². The number of halogens is 2. The number of nitrogens with two attached hydrogens (primary N) is 1. The van der Waals surface area contributed by atoms with E-state index in [2.05, 4.69) is 26.1 Å². The fraction of sp³-hybridized carbons (Fsp3) is 0.385. The second-order valence-corrected chi connectivity index (χ2v) is 5.62. The van der Waals surface area contributed by atoms with E-state index in [9.17, 15) is 0 Å². The highest BCUT2D eigenvalue weighted by Gasteiger charge is 2.29. The molecule has 0 unspecified atom stereocenters. The predicted molar refractivity (Wildman–Crippen MR) is 78.9 cm³/mol. The van der Waals surface area contributed by atoms with E-state index in [-0.39, 0.29) is 0 Å². The van der Waals surface area contributed by atoms with Crippen molar-refractivity contribution >= 4 is 27.5 Å². The molecule has 2 aromatic rings. The molecule has 1 aromatic heterocycles. The lowest BCUT2D eigenvalue weighted by Crippen LogP contribution is -2.36. The molecule has 2 N–H and O–H groups in total. The molecule has 0 fully saturated rings. The number of hydrogen-bond acceptors (Lipinski definition) is 4. The van der Waals surface area contributed by atoms with Crippen molar-refractivity contribution in [2.75, 3.05) is 0 Å². The highest BCUT2D eigenvalue weighted by Crippen LogP contribution is 2.34. The minimum absolute atomic E-state index is 0.387. The van der Waals surface area contributed by atoms with Crippen LogP contribution in [-0.4, -0.2) is 10.1 Å². The molecule has 0 saturated carbocycles. The van der Waals surface area contributed by atoms with Crippen LogP contribution in [0.1, 0.15) is 32.5 Å². The molecule has 0 aliphatic carbocycles. The molecule has 1 heterocycles. The molecule has 0 spiro atoms. The summed E-state index contributed by atoms with van der Waals surface area (Å²) >= 11 is 9.58. The zero-order valence-corrected chi connectivity index (χ0v) is 13.1. The molecule has 0 amide bonds. The Labute approximate surface area is 125 Å². The molecule has 2 rings (SSSR count). The average Bonchev–Trinajstić information content (AvgIpc) is 2.91. The van der Waals surface area contributed by atoms with Crippen molar-refractivity contribution in [3.8, 4) is 11.5 Å². The van der Waals surface area contributed by atoms with Gasteiger partial charge in [0.25, 0.3) is 5.89 Å². The van der Waals surface area contributed by atoms with Gasteiger partial charge in [0, 0.05) is 4.47 Å². The summed E-state index contributed by atoms with van der Waals surface area (Å²) in [6, 6.07) is 5.55. The topological polar surface area (TPSA) is 64.9 Å². The van der Waals surface area contributed by atoms with Gasteiger partial charge in [0.05, 0.1) is 16.1 Å². The maximum Gasteiger partial charge on any atom is 0.259 e. The highest BCUT2D eigenvalue weighted by molar-refractivity contribution is 9.10. The number of rotatable bonds is 4. The van der Waals surface area contributed by atoms with Crippen LogP contribution in [0.3, 0.4) is 0 Å². The van der Waals surface area contributed by atoms with Gasteiger partial charge in [-0.3, -0.25) is 0 Å². The van der Waals surface area contributed by atoms with Crippen molar-refractivity contribution in [3.05, 3.63) is 33.5 Å². The van der Waals surface area contributed by atoms with E-state index in [1.807, 2.05) is 32.0 Å². The summed E-state index contributed by atoms with van der Waals surface area (Å²) in [7, 11) is 0. The second kappa shape index (κ2) is 5.61. The van der Waals surface area contributed by atoms with Crippen molar-refractivity contribution in [1.82, 2.24) is 10.1 Å². The zero-order valence-electron chi connectivity index (χ0n) is 10.8. The van der Waals surface area contributed by atoms with Crippen LogP contribution < -0.4 is 5.73 Å². The van der Waals surface area contributed by atoms with E-state index in [1.165, 1.54) is 0 Å². The molecule has 0 aliphatic rings. The van der Waals surface area contributed by atoms with Gasteiger partial charge in [-0.05, 0) is 40.9 Å². The van der Waals surface area contributed by atoms with E-state index in [0.29, 0.717) is 22.3 Å². The second-order valence-electron chi connectivity index (χ2n) is 4.39. The molecule has 19 heavy (non-hydrogen) atoms. The minimum atomic E-state index is -0.555. The van der Waals surface area contributed by atoms with Crippen LogP contribution in [0.25, 0.3) is 11.5 Å². The van der Waals surface area contributed by atoms with Gasteiger partial charge in [-0.1, -0.05) is 36.7 Å². The molecular formula is C13H15BrClN3O. The van der Waals surface area contributed by atoms with Gasteiger partial charge in [0.1, 0.15) is 0 Å². The highest BCUT2D eigenvalue weighted by atomic mass is 79.9. The Kier molecular flexibility index (Phi) is 4.28. The number of nitrogens with zero attached hydrogens (tertiary/aromatic N) is 2. The van der Waals surface area contributed by atoms with Gasteiger partial charge in [-0.2, -0.15) is 4.98 Å². The summed E-state index contributed by atoms with van der Waals surface area (Å²) in [4.78, 5) is 4.39. The maximum atomic E-state index is 6.25. The smallest absolute Gasteiger partial charge is 0.259 e. The lowest BCUT2D eigenvalue weighted by molar-refractivity contribution is 0.350. The quantitative estimate of drug-likeness (QED) is 0.906. The third-order valence-corrected chi connectivity index (χ3v) is 4.61. The lowest BCUT2D eigenvalue weighted by atomic mass is 9.93. The standard InChI is InChI=1S/C13H15BrClN3O/c1-3-13(16,4-2)12-17-11(19-18-12)8-6-5-7-9(14)10(8)15/h5-7H,3-4,16H2,1-2H3. The number of benzene rings is 1. The van der Waals surface area contributed by atoms with Crippen LogP contribution in [0.15, 0.2) is 27.2 Å². The predicted octanol–water partition coefficient (Wildman–Crippen LogP) is 4.13. The van der Waals surface area contributed by atoms with Gasteiger partial charge in [-0.15, -0.1) is 0 Å². The van der Waals surface area contributed by atoms with Gasteiger partial charge in [0.2, 0.25) is 0 Å². The summed E-state index contributed by atoms with van der Waals surface area (Å²) in [6.07, 6.45) is 1.49. The van der Waals surface area contributed by atoms with Crippen molar-refractivity contribution in [3.63, 3.8) is 0 Å². The zero-order chi connectivity index (χ0) is 14.0. The summed E-state index contributed by atoms with van der Waals surface area (Å²) in [5, 5.41) is 4.54. The first-order valence-corrected chi connectivity index (χ1v) is 7.26. The average molecular weight is 345 g/mol. The Bertz CT molecular complexity index is 581. The monoisotopic (exact) mass is 343 g/mol. The van der Waals surface area contributed by atoms with Gasteiger partial charge < -0.3 is 10.3 Å². The normalized spacial score (nSPS) is 11.8. The molecule has 0 aliphatic heterocycles. The van der Waals surface area contributed by atoms with Crippen LogP contribution in [0.5, 0.6) is 0 Å². The van der Waals surface area contributed by atoms with Gasteiger partial charge >= 0.3 is 0 Å². The van der Waals surface area contributed by atoms with Gasteiger partial charge in [-0.25, -0.2) is 0 Å². The molecule has 0 bridgehead atoms. The van der Waals surface area contributed by atoms with Crippen LogP contribution >= 0.6 is 27.5 Å². The van der Waals surface area contributed by atoms with Crippen molar-refractivity contribution < 1.29 is 4.52 Å². The summed E-state index contributed by atoms with van der Waals surface area (Å²) < 4.78 is 6.08. The molecule has 0 saturated heterocycles. The Balaban J connectivity index is 2.44. The molecule has 1 aromatic carbocycles. The van der Waals surface area contributed by atoms with E-state index >= 15 is 0 Å². The van der Waals surface area contributed by atoms with E-state index in [1.54, 1.807) is 0 Å². The molecular weight excluding hydrogens is 330 g/mol. The molecule has 0 atom stereocenters. The van der Waals surface area contributed by atoms with Crippen LogP contribution in [0.2, 0.25) is 5.02 Å². The minimum Gasteiger partial charge on any atom is -0.334 e. The van der Waals surface area contributed by atoms with Crippen molar-refractivity contribution in [1.29, 1.82) is 0 Å². The van der Waals surface area contributed by atoms with Crippen LogP contribution in [0.4, 0.5) is 0 Å². The largest absolute Gasteiger partial charge is 0.334 e. The first-order valence-electron chi connectivity index (χ1n) is 6.09.